The molecule has 86 heavy (non-hydrogen) atoms. The minimum absolute atomic E-state index is 0.0465. The number of nitrogens with zero attached hydrogens (tertiary/aromatic N) is 4. The van der Waals surface area contributed by atoms with Gasteiger partial charge in [-0.25, -0.2) is 0 Å². The summed E-state index contributed by atoms with van der Waals surface area (Å²) in [6.45, 7) is 6.27. The van der Waals surface area contributed by atoms with Gasteiger partial charge in [-0.3, -0.25) is 19.9 Å². The Bertz CT molecular complexity index is 2850. The molecule has 4 nitrogen and oxygen atoms in total. The van der Waals surface area contributed by atoms with Crippen molar-refractivity contribution in [3.63, 3.8) is 0 Å². The van der Waals surface area contributed by atoms with Gasteiger partial charge in [0.05, 0.1) is 56.0 Å². The van der Waals surface area contributed by atoms with Crippen LogP contribution in [0.1, 0.15) is 219 Å². The Morgan fingerprint density at radius 2 is 0.605 bits per heavy atom. The number of hydrogen-bond acceptors (Lipinski definition) is 4. The summed E-state index contributed by atoms with van der Waals surface area (Å²) in [6.07, 6.45) is 58.6. The molecule has 7 aromatic rings. The monoisotopic (exact) mass is 1450 g/mol. The Morgan fingerprint density at radius 1 is 0.349 bits per heavy atom. The molecular weight excluding hydrogens is 1350 g/mol. The number of hydrogen-bond donors (Lipinski definition) is 0. The summed E-state index contributed by atoms with van der Waals surface area (Å²) in [4.78, 5) is 17.4. The van der Waals surface area contributed by atoms with Gasteiger partial charge in [-0.2, -0.15) is 0 Å². The fourth-order valence-electron chi connectivity index (χ4n) is 14.8. The Labute approximate surface area is 547 Å². The van der Waals surface area contributed by atoms with Crippen LogP contribution in [0.5, 0.6) is 0 Å². The number of fused-ring (bicyclic) bond motifs is 6. The number of halogens is 4. The molecule has 0 atom stereocenters. The second kappa shape index (κ2) is 38.7. The summed E-state index contributed by atoms with van der Waals surface area (Å²) in [5.74, 6) is 0. The molecule has 12 heteroatoms. The molecule has 3 aromatic carbocycles. The molecule has 0 amide bonds. The van der Waals surface area contributed by atoms with E-state index >= 15 is 0 Å². The summed E-state index contributed by atoms with van der Waals surface area (Å²) in [6, 6.07) is 34.1. The Balaban J connectivity index is 0.000000137. The maximum atomic E-state index is 5.59. The van der Waals surface area contributed by atoms with Gasteiger partial charge in [0, 0.05) is 62.2 Å². The van der Waals surface area contributed by atoms with Crippen LogP contribution in [0.3, 0.4) is 0 Å². The number of rotatable bonds is 7. The minimum Gasteiger partial charge on any atom is -0.254 e. The van der Waals surface area contributed by atoms with Gasteiger partial charge >= 0.3 is 149 Å². The molecule has 0 saturated heterocycles. The number of pyridine rings is 4. The average Bonchev–Trinajstić information content (AvgIpc) is 2.07. The van der Waals surface area contributed by atoms with E-state index in [0.717, 1.165) is 49.2 Å². The van der Waals surface area contributed by atoms with Crippen molar-refractivity contribution >= 4 is 113 Å². The Hall–Kier alpha value is -2.13. The quantitative estimate of drug-likeness (QED) is 0.0907. The third-order valence-electron chi connectivity index (χ3n) is 18.8. The van der Waals surface area contributed by atoms with Crippen LogP contribution < -0.4 is 0 Å². The van der Waals surface area contributed by atoms with Gasteiger partial charge in [-0.1, -0.05) is 87.1 Å². The van der Waals surface area contributed by atoms with E-state index in [4.69, 9.17) is 38.8 Å². The normalized spacial score (nSPS) is 18.9. The first-order chi connectivity index (χ1) is 42.0. The molecule has 0 bridgehead atoms. The van der Waals surface area contributed by atoms with Gasteiger partial charge in [-0.05, 0) is 178 Å². The molecule has 13 rings (SSSR count). The zero-order valence-electron chi connectivity index (χ0n) is 52.0. The van der Waals surface area contributed by atoms with Crippen molar-refractivity contribution in [3.05, 3.63) is 140 Å². The van der Waals surface area contributed by atoms with Crippen molar-refractivity contribution < 1.29 is 27.0 Å². The molecule has 0 N–H and O–H groups in total. The minimum atomic E-state index is -1.74. The number of aromatic nitrogens is 4. The molecule has 0 spiro atoms. The van der Waals surface area contributed by atoms with E-state index in [1.807, 2.05) is 66.7 Å². The first-order valence-corrected chi connectivity index (χ1v) is 47.3. The van der Waals surface area contributed by atoms with E-state index in [2.05, 4.69) is 97.8 Å². The summed E-state index contributed by atoms with van der Waals surface area (Å²) in [5, 5.41) is 4.55. The van der Waals surface area contributed by atoms with E-state index in [9.17, 15) is 0 Å². The van der Waals surface area contributed by atoms with Crippen LogP contribution in [0.15, 0.2) is 134 Å². The predicted octanol–water partition coefficient (Wildman–Crippen LogP) is 23.9. The third-order valence-corrected chi connectivity index (χ3v) is 31.0. The first kappa shape index (κ1) is 69.7. The Kier molecular flexibility index (Phi) is 31.4. The standard InChI is InChI=1S/2C18H33P.2C12H8N2.C8H6.C6H10.4ClH.2Ru/c2*1-4-10-16(11-5-1)19(17-12-6-2-7-13-17)18-14-8-3-9-15-18;2*1-3-9-5-6-10-4-2-8-14-12(10)11(9)13-7-1;1-2-8-6-4-3-5-7-8;1-5-6(2,3)4;;;;;;/h2*16-18H,1-15H2;2*1-8H;2-7H;5H,2-4H3;4*1H;;/q;;;;;;;;;;2*+2/p-2. The molecule has 0 radical (unpaired) electrons. The number of allylic oxidation sites excluding steroid dienone is 1. The zero-order chi connectivity index (χ0) is 60.2. The van der Waals surface area contributed by atoms with E-state index in [0.29, 0.717) is 0 Å². The molecule has 6 aliphatic carbocycles. The van der Waals surface area contributed by atoms with E-state index in [1.165, 1.54) is 34.0 Å². The van der Waals surface area contributed by atoms with E-state index in [1.54, 1.807) is 217 Å². The van der Waals surface area contributed by atoms with Gasteiger partial charge in [-0.15, -0.1) is 0 Å². The molecule has 0 aliphatic heterocycles. The average molecular weight is 1450 g/mol. The first-order valence-electron chi connectivity index (χ1n) is 33.2. The summed E-state index contributed by atoms with van der Waals surface area (Å²) < 4.78 is 5.85. The summed E-state index contributed by atoms with van der Waals surface area (Å²) in [7, 11) is 22.2. The van der Waals surface area contributed by atoms with Crippen LogP contribution in [0.2, 0.25) is 0 Å². The van der Waals surface area contributed by atoms with Crippen LogP contribution in [0, 0.1) is 5.41 Å². The van der Waals surface area contributed by atoms with Crippen molar-refractivity contribution in [2.75, 3.05) is 0 Å². The van der Waals surface area contributed by atoms with Crippen molar-refractivity contribution in [1.29, 1.82) is 0 Å². The molecule has 468 valence electrons. The van der Waals surface area contributed by atoms with Crippen LogP contribution in [-0.2, 0) is 27.0 Å². The summed E-state index contributed by atoms with van der Waals surface area (Å²) in [5.41, 5.74) is 12.5. The molecule has 0 unspecified atom stereocenters. The fraction of sp³-hybridized carbons (Fsp3) is 0.541. The van der Waals surface area contributed by atoms with Gasteiger partial charge in [0.2, 0.25) is 0 Å². The smallest absolute Gasteiger partial charge is 0.0964 e. The maximum absolute atomic E-state index is 5.59. The predicted molar refractivity (Wildman–Crippen MR) is 380 cm³/mol. The SMILES string of the molecule is C1CCC([PH+](C2CCCCC2)C2CCCCC2)CC1.C1CCC([PH+](C2CCCCC2)C2CCCCC2)CC1.CC(C)(C)C=[C]=[Ru]([Cl])[Cl].[Cl][Ru]([Cl])=[C]=Cc1ccccc1.c1cnc2c(c1)ccc1cccnc12.c1cnc2c(c1)ccc1cccnc12. The van der Waals surface area contributed by atoms with E-state index < -0.39 is 27.0 Å². The number of benzene rings is 3. The zero-order valence-corrected chi connectivity index (χ0v) is 60.5. The molecule has 4 aromatic heterocycles. The van der Waals surface area contributed by atoms with Gasteiger partial charge in [0.1, 0.15) is 0 Å². The van der Waals surface area contributed by atoms with Crippen molar-refractivity contribution in [1.82, 2.24) is 19.9 Å². The topological polar surface area (TPSA) is 51.6 Å². The third kappa shape index (κ3) is 23.5. The van der Waals surface area contributed by atoms with Gasteiger partial charge < -0.3 is 0 Å². The van der Waals surface area contributed by atoms with Crippen molar-refractivity contribution in [2.24, 2.45) is 5.41 Å². The fourth-order valence-corrected chi connectivity index (χ4v) is 27.6. The van der Waals surface area contributed by atoms with Crippen molar-refractivity contribution in [3.8, 4) is 0 Å². The van der Waals surface area contributed by atoms with Crippen LogP contribution in [0.25, 0.3) is 49.7 Å². The van der Waals surface area contributed by atoms with Gasteiger partial charge in [0.25, 0.3) is 0 Å². The van der Waals surface area contributed by atoms with Crippen LogP contribution in [0.4, 0.5) is 0 Å². The molecule has 4 heterocycles. The molecular formula is C74H100Cl4N4P2Ru2+2. The van der Waals surface area contributed by atoms with Crippen LogP contribution in [-0.4, -0.2) is 62.4 Å². The molecule has 6 fully saturated rings. The second-order valence-corrected chi connectivity index (χ2v) is 43.7. The van der Waals surface area contributed by atoms with Gasteiger partial charge in [0.15, 0.2) is 0 Å². The molecule has 6 saturated carbocycles. The molecule has 6 aliphatic rings. The second-order valence-electron chi connectivity index (χ2n) is 26.1. The summed E-state index contributed by atoms with van der Waals surface area (Å²) >= 11 is -3.41. The van der Waals surface area contributed by atoms with Crippen molar-refractivity contribution in [2.45, 2.75) is 247 Å². The Morgan fingerprint density at radius 3 is 0.826 bits per heavy atom. The maximum Gasteiger partial charge on any atom is 0.0964 e. The van der Waals surface area contributed by atoms with Crippen LogP contribution >= 0.6 is 54.6 Å². The largest absolute Gasteiger partial charge is 0.254 e. The van der Waals surface area contributed by atoms with E-state index in [-0.39, 0.29) is 21.3 Å².